The van der Waals surface area contributed by atoms with Gasteiger partial charge in [-0.25, -0.2) is 4.79 Å². The summed E-state index contributed by atoms with van der Waals surface area (Å²) in [5.74, 6) is 5.57. The Balaban J connectivity index is 0.000000262. The molecule has 29 heavy (non-hydrogen) atoms. The van der Waals surface area contributed by atoms with Crippen molar-refractivity contribution in [3.8, 4) is 0 Å². The molecule has 7 unspecified atom stereocenters. The molecule has 4 nitrogen and oxygen atoms in total. The molecule has 5 rings (SSSR count). The van der Waals surface area contributed by atoms with Crippen molar-refractivity contribution in [2.24, 2.45) is 41.4 Å². The summed E-state index contributed by atoms with van der Waals surface area (Å²) < 4.78 is 10.1. The topological polar surface area (TPSA) is 52.6 Å². The van der Waals surface area contributed by atoms with Crippen LogP contribution >= 0.6 is 0 Å². The zero-order chi connectivity index (χ0) is 21.0. The molecule has 0 spiro atoms. The third-order valence-electron chi connectivity index (χ3n) is 8.24. The molecule has 0 saturated heterocycles. The maximum atomic E-state index is 12.7. The van der Waals surface area contributed by atoms with Crippen molar-refractivity contribution in [3.63, 3.8) is 0 Å². The second kappa shape index (κ2) is 10.1. The fourth-order valence-electron chi connectivity index (χ4n) is 7.35. The molecular formula is C25H40O4. The fourth-order valence-corrected chi connectivity index (χ4v) is 7.35. The van der Waals surface area contributed by atoms with Gasteiger partial charge in [-0.1, -0.05) is 26.8 Å². The quantitative estimate of drug-likeness (QED) is 0.351. The first-order valence-electron chi connectivity index (χ1n) is 12.0. The van der Waals surface area contributed by atoms with Crippen LogP contribution in [0.15, 0.2) is 12.7 Å². The van der Waals surface area contributed by atoms with Gasteiger partial charge < -0.3 is 9.47 Å². The highest BCUT2D eigenvalue weighted by Gasteiger charge is 2.63. The Hall–Kier alpha value is -1.32. The van der Waals surface area contributed by atoms with Crippen LogP contribution in [0.1, 0.15) is 78.1 Å². The first-order chi connectivity index (χ1) is 14.1. The summed E-state index contributed by atoms with van der Waals surface area (Å²) in [4.78, 5) is 22.5. The minimum atomic E-state index is -0.394. The number of rotatable bonds is 3. The lowest BCUT2D eigenvalue weighted by Crippen LogP contribution is -2.37. The highest BCUT2D eigenvalue weighted by atomic mass is 16.5. The van der Waals surface area contributed by atoms with E-state index in [9.17, 15) is 9.59 Å². The van der Waals surface area contributed by atoms with E-state index in [2.05, 4.69) is 11.3 Å². The first-order valence-corrected chi connectivity index (χ1v) is 12.0. The van der Waals surface area contributed by atoms with Gasteiger partial charge in [0.1, 0.15) is 6.10 Å². The van der Waals surface area contributed by atoms with E-state index in [1.54, 1.807) is 0 Å². The predicted molar refractivity (Wildman–Crippen MR) is 114 cm³/mol. The molecule has 0 aromatic rings. The van der Waals surface area contributed by atoms with Crippen LogP contribution < -0.4 is 0 Å². The van der Waals surface area contributed by atoms with Gasteiger partial charge in [0.05, 0.1) is 13.0 Å². The minimum Gasteiger partial charge on any atom is -0.466 e. The van der Waals surface area contributed by atoms with Crippen LogP contribution in [-0.2, 0) is 19.1 Å². The van der Waals surface area contributed by atoms with E-state index in [-0.39, 0.29) is 18.0 Å². The van der Waals surface area contributed by atoms with Crippen molar-refractivity contribution in [2.75, 3.05) is 7.11 Å². The Kier molecular flexibility index (Phi) is 7.81. The molecule has 0 aliphatic heterocycles. The average molecular weight is 405 g/mol. The van der Waals surface area contributed by atoms with Gasteiger partial charge in [0.25, 0.3) is 0 Å². The summed E-state index contributed by atoms with van der Waals surface area (Å²) in [5, 5.41) is 0. The van der Waals surface area contributed by atoms with Gasteiger partial charge in [0, 0.05) is 6.08 Å². The number of hydrogen-bond acceptors (Lipinski definition) is 4. The van der Waals surface area contributed by atoms with Gasteiger partial charge in [-0.3, -0.25) is 4.79 Å². The zero-order valence-corrected chi connectivity index (χ0v) is 18.6. The molecule has 5 aliphatic rings. The van der Waals surface area contributed by atoms with Crippen molar-refractivity contribution in [1.29, 1.82) is 0 Å². The average Bonchev–Trinajstić information content (AvgIpc) is 3.55. The van der Waals surface area contributed by atoms with Crippen LogP contribution in [0.5, 0.6) is 0 Å². The summed E-state index contributed by atoms with van der Waals surface area (Å²) >= 11 is 0. The highest BCUT2D eigenvalue weighted by Crippen LogP contribution is 2.68. The molecule has 0 N–H and O–H groups in total. The van der Waals surface area contributed by atoms with Crippen molar-refractivity contribution in [1.82, 2.24) is 0 Å². The maximum Gasteiger partial charge on any atom is 0.329 e. The van der Waals surface area contributed by atoms with Gasteiger partial charge in [-0.2, -0.15) is 0 Å². The number of carbonyl (C=O) groups excluding carboxylic acids is 2. The smallest absolute Gasteiger partial charge is 0.329 e. The normalized spacial score (nSPS) is 38.8. The molecule has 0 aromatic heterocycles. The lowest BCUT2D eigenvalue weighted by atomic mass is 9.67. The van der Waals surface area contributed by atoms with Gasteiger partial charge in [-0.15, -0.1) is 0 Å². The molecule has 164 valence electrons. The van der Waals surface area contributed by atoms with Gasteiger partial charge in [0.2, 0.25) is 0 Å². The molecule has 0 radical (unpaired) electrons. The minimum absolute atomic E-state index is 0.190. The van der Waals surface area contributed by atoms with Crippen LogP contribution in [0.2, 0.25) is 0 Å². The Morgan fingerprint density at radius 3 is 2.10 bits per heavy atom. The monoisotopic (exact) mass is 404 g/mol. The molecular weight excluding hydrogens is 364 g/mol. The van der Waals surface area contributed by atoms with Crippen LogP contribution in [-0.4, -0.2) is 25.2 Å². The molecule has 4 bridgehead atoms. The van der Waals surface area contributed by atoms with E-state index >= 15 is 0 Å². The summed E-state index contributed by atoms with van der Waals surface area (Å²) in [5.41, 5.74) is 0. The standard InChI is InChI=1S/C19H28O2.C4H6O2.C2H6/c20-19(21-14-4-2-1-3-5-14)16-10-13-9-15(16)18-12-7-6-11(8-12)17(13)18;1-3-4(5)6-2;1-2/h11-18H,1-10H2;3H,1H2,2H3;1-2H3. The summed E-state index contributed by atoms with van der Waals surface area (Å²) in [6.07, 6.45) is 14.4. The van der Waals surface area contributed by atoms with E-state index in [1.165, 1.54) is 58.5 Å². The summed E-state index contributed by atoms with van der Waals surface area (Å²) in [7, 11) is 1.31. The van der Waals surface area contributed by atoms with Gasteiger partial charge in [0.15, 0.2) is 0 Å². The van der Waals surface area contributed by atoms with Gasteiger partial charge in [-0.05, 0) is 93.3 Å². The molecule has 7 atom stereocenters. The highest BCUT2D eigenvalue weighted by molar-refractivity contribution is 5.80. The van der Waals surface area contributed by atoms with E-state index in [1.807, 2.05) is 13.8 Å². The number of methoxy groups -OCH3 is 1. The van der Waals surface area contributed by atoms with Crippen molar-refractivity contribution in [3.05, 3.63) is 12.7 Å². The Morgan fingerprint density at radius 1 is 0.862 bits per heavy atom. The number of hydrogen-bond donors (Lipinski definition) is 0. The third kappa shape index (κ3) is 4.56. The lowest BCUT2D eigenvalue weighted by molar-refractivity contribution is -0.159. The molecule has 5 saturated carbocycles. The molecule has 5 aliphatic carbocycles. The molecule has 0 amide bonds. The molecule has 0 aromatic carbocycles. The number of ether oxygens (including phenoxy) is 2. The Labute approximate surface area is 176 Å². The van der Waals surface area contributed by atoms with Crippen LogP contribution in [0.25, 0.3) is 0 Å². The van der Waals surface area contributed by atoms with Crippen molar-refractivity contribution in [2.45, 2.75) is 84.2 Å². The Morgan fingerprint density at radius 2 is 1.52 bits per heavy atom. The second-order valence-corrected chi connectivity index (χ2v) is 9.41. The predicted octanol–water partition coefficient (Wildman–Crippen LogP) is 5.55. The first kappa shape index (κ1) is 22.4. The third-order valence-corrected chi connectivity index (χ3v) is 8.24. The number of fused-ring (bicyclic) bond motifs is 9. The molecule has 5 fully saturated rings. The van der Waals surface area contributed by atoms with Crippen LogP contribution in [0.4, 0.5) is 0 Å². The van der Waals surface area contributed by atoms with Crippen LogP contribution in [0.3, 0.4) is 0 Å². The summed E-state index contributed by atoms with van der Waals surface area (Å²) in [6, 6.07) is 0. The maximum absolute atomic E-state index is 12.7. The largest absolute Gasteiger partial charge is 0.466 e. The lowest BCUT2D eigenvalue weighted by Gasteiger charge is -2.38. The zero-order valence-electron chi connectivity index (χ0n) is 18.6. The SMILES string of the molecule is C=CC(=O)OC.CC.O=C(OC1CCCCC1)C1CC2CC1C1C3CCC(C3)C21. The van der Waals surface area contributed by atoms with E-state index in [0.29, 0.717) is 5.92 Å². The second-order valence-electron chi connectivity index (χ2n) is 9.41. The molecule has 4 heteroatoms. The number of carbonyl (C=O) groups is 2. The van der Waals surface area contributed by atoms with Crippen LogP contribution in [0, 0.1) is 41.4 Å². The van der Waals surface area contributed by atoms with E-state index < -0.39 is 5.97 Å². The fraction of sp³-hybridized carbons (Fsp3) is 0.840. The van der Waals surface area contributed by atoms with E-state index in [0.717, 1.165) is 48.5 Å². The molecule has 0 heterocycles. The van der Waals surface area contributed by atoms with E-state index in [4.69, 9.17) is 4.74 Å². The van der Waals surface area contributed by atoms with Crippen molar-refractivity contribution < 1.29 is 19.1 Å². The van der Waals surface area contributed by atoms with Crippen molar-refractivity contribution >= 4 is 11.9 Å². The van der Waals surface area contributed by atoms with Gasteiger partial charge >= 0.3 is 11.9 Å². The number of esters is 2. The Bertz CT molecular complexity index is 579. The summed E-state index contributed by atoms with van der Waals surface area (Å²) in [6.45, 7) is 7.16.